The maximum Gasteiger partial charge on any atom is 0.410 e. The van der Waals surface area contributed by atoms with Crippen LogP contribution in [-0.4, -0.2) is 41.4 Å². The van der Waals surface area contributed by atoms with Crippen molar-refractivity contribution in [2.24, 2.45) is 17.8 Å². The van der Waals surface area contributed by atoms with Gasteiger partial charge < -0.3 is 14.7 Å². The van der Waals surface area contributed by atoms with E-state index in [-0.39, 0.29) is 18.6 Å². The van der Waals surface area contributed by atoms with Gasteiger partial charge in [-0.05, 0) is 44.9 Å². The minimum Gasteiger partial charge on any atom is -0.444 e. The fraction of sp³-hybridized carbons (Fsp3) is 0.786. The van der Waals surface area contributed by atoms with E-state index in [0.29, 0.717) is 24.9 Å². The van der Waals surface area contributed by atoms with E-state index in [2.05, 4.69) is 12.2 Å². The lowest BCUT2D eigenvalue weighted by Gasteiger charge is -2.27. The van der Waals surface area contributed by atoms with Crippen LogP contribution < -0.4 is 0 Å². The molecule has 0 aromatic heterocycles. The molecule has 2 rings (SSSR count). The molecule has 1 aliphatic heterocycles. The molecule has 0 radical (unpaired) electrons. The van der Waals surface area contributed by atoms with Crippen molar-refractivity contribution in [2.75, 3.05) is 19.7 Å². The van der Waals surface area contributed by atoms with E-state index in [0.717, 1.165) is 6.42 Å². The zero-order chi connectivity index (χ0) is 13.3. The van der Waals surface area contributed by atoms with E-state index < -0.39 is 5.60 Å². The number of allylic oxidation sites excluding steroid dienone is 1. The smallest absolute Gasteiger partial charge is 0.410 e. The van der Waals surface area contributed by atoms with E-state index >= 15 is 0 Å². The summed E-state index contributed by atoms with van der Waals surface area (Å²) in [6, 6.07) is 0. The summed E-state index contributed by atoms with van der Waals surface area (Å²) in [5.41, 5.74) is -0.447. The van der Waals surface area contributed by atoms with Crippen molar-refractivity contribution >= 4 is 6.09 Å². The Kier molecular flexibility index (Phi) is 3.66. The SMILES string of the molecule is CC(C)(C)OC(=O)N1CC2C=CCC(CO)C2C1. The molecule has 1 fully saturated rings. The second kappa shape index (κ2) is 4.92. The van der Waals surface area contributed by atoms with Crippen molar-refractivity contribution < 1.29 is 14.6 Å². The van der Waals surface area contributed by atoms with Crippen LogP contribution in [0.2, 0.25) is 0 Å². The number of carbonyl (C=O) groups is 1. The third kappa shape index (κ3) is 2.86. The lowest BCUT2D eigenvalue weighted by Crippen LogP contribution is -2.36. The summed E-state index contributed by atoms with van der Waals surface area (Å²) in [5.74, 6) is 1.04. The van der Waals surface area contributed by atoms with Crippen LogP contribution in [0.4, 0.5) is 4.79 Å². The van der Waals surface area contributed by atoms with Gasteiger partial charge in [-0.25, -0.2) is 4.79 Å². The molecule has 0 aromatic rings. The van der Waals surface area contributed by atoms with Gasteiger partial charge in [0.25, 0.3) is 0 Å². The first-order chi connectivity index (χ1) is 8.40. The molecule has 4 heteroatoms. The van der Waals surface area contributed by atoms with Gasteiger partial charge in [-0.3, -0.25) is 0 Å². The molecule has 102 valence electrons. The highest BCUT2D eigenvalue weighted by atomic mass is 16.6. The predicted molar refractivity (Wildman–Crippen MR) is 69.1 cm³/mol. The maximum absolute atomic E-state index is 12.0. The fourth-order valence-corrected chi connectivity index (χ4v) is 2.84. The number of fused-ring (bicyclic) bond motifs is 1. The largest absolute Gasteiger partial charge is 0.444 e. The highest BCUT2D eigenvalue weighted by Gasteiger charge is 2.40. The molecule has 18 heavy (non-hydrogen) atoms. The van der Waals surface area contributed by atoms with E-state index in [9.17, 15) is 9.90 Å². The molecule has 1 heterocycles. The van der Waals surface area contributed by atoms with Crippen molar-refractivity contribution in [3.05, 3.63) is 12.2 Å². The predicted octanol–water partition coefficient (Wildman–Crippen LogP) is 2.04. The number of nitrogens with zero attached hydrogens (tertiary/aromatic N) is 1. The van der Waals surface area contributed by atoms with Gasteiger partial charge in [-0.2, -0.15) is 0 Å². The van der Waals surface area contributed by atoms with Gasteiger partial charge in [-0.1, -0.05) is 12.2 Å². The normalized spacial score (nSPS) is 31.3. The van der Waals surface area contributed by atoms with E-state index in [1.807, 2.05) is 20.8 Å². The first-order valence-corrected chi connectivity index (χ1v) is 6.66. The van der Waals surface area contributed by atoms with Crippen LogP contribution in [0.5, 0.6) is 0 Å². The summed E-state index contributed by atoms with van der Waals surface area (Å²) < 4.78 is 5.40. The summed E-state index contributed by atoms with van der Waals surface area (Å²) in [6.45, 7) is 7.26. The van der Waals surface area contributed by atoms with Gasteiger partial charge >= 0.3 is 6.09 Å². The molecular weight excluding hydrogens is 230 g/mol. The van der Waals surface area contributed by atoms with Crippen LogP contribution in [0.15, 0.2) is 12.2 Å². The number of aliphatic hydroxyl groups is 1. The van der Waals surface area contributed by atoms with E-state index in [1.165, 1.54) is 0 Å². The molecule has 1 N–H and O–H groups in total. The van der Waals surface area contributed by atoms with E-state index in [4.69, 9.17) is 4.74 Å². The van der Waals surface area contributed by atoms with Crippen molar-refractivity contribution in [1.82, 2.24) is 4.90 Å². The van der Waals surface area contributed by atoms with Crippen LogP contribution in [0.3, 0.4) is 0 Å². The zero-order valence-corrected chi connectivity index (χ0v) is 11.4. The highest BCUT2D eigenvalue weighted by molar-refractivity contribution is 5.68. The number of carbonyl (C=O) groups excluding carboxylic acids is 1. The molecular formula is C14H23NO3. The number of amides is 1. The standard InChI is InChI=1S/C14H23NO3/c1-14(2,3)18-13(17)15-7-10-5-4-6-11(9-16)12(10)8-15/h4-5,10-12,16H,6-9H2,1-3H3. The van der Waals surface area contributed by atoms with Crippen molar-refractivity contribution in [2.45, 2.75) is 32.8 Å². The summed E-state index contributed by atoms with van der Waals surface area (Å²) >= 11 is 0. The Morgan fingerprint density at radius 1 is 1.44 bits per heavy atom. The average Bonchev–Trinajstić information content (AvgIpc) is 2.70. The lowest BCUT2D eigenvalue weighted by atomic mass is 9.78. The van der Waals surface area contributed by atoms with Crippen LogP contribution in [0.1, 0.15) is 27.2 Å². The minimum absolute atomic E-state index is 0.202. The molecule has 1 saturated heterocycles. The molecule has 0 spiro atoms. The van der Waals surface area contributed by atoms with Gasteiger partial charge in [-0.15, -0.1) is 0 Å². The summed E-state index contributed by atoms with van der Waals surface area (Å²) in [5, 5.41) is 9.38. The maximum atomic E-state index is 12.0. The molecule has 3 atom stereocenters. The molecule has 1 amide bonds. The number of ether oxygens (including phenoxy) is 1. The lowest BCUT2D eigenvalue weighted by molar-refractivity contribution is 0.0279. The molecule has 0 saturated carbocycles. The summed E-state index contributed by atoms with van der Waals surface area (Å²) in [6.07, 6.45) is 4.99. The first kappa shape index (κ1) is 13.4. The Labute approximate surface area is 109 Å². The first-order valence-electron chi connectivity index (χ1n) is 6.66. The molecule has 4 nitrogen and oxygen atoms in total. The zero-order valence-electron chi connectivity index (χ0n) is 11.4. The average molecular weight is 253 g/mol. The van der Waals surface area contributed by atoms with Gasteiger partial charge in [0.05, 0.1) is 0 Å². The molecule has 0 aromatic carbocycles. The Bertz CT molecular complexity index is 345. The molecule has 3 unspecified atom stereocenters. The fourth-order valence-electron chi connectivity index (χ4n) is 2.84. The Morgan fingerprint density at radius 2 is 2.17 bits per heavy atom. The Hall–Kier alpha value is -1.03. The molecule has 0 bridgehead atoms. The van der Waals surface area contributed by atoms with Gasteiger partial charge in [0.1, 0.15) is 5.60 Å². The van der Waals surface area contributed by atoms with Crippen molar-refractivity contribution in [3.8, 4) is 0 Å². The number of likely N-dealkylation sites (tertiary alicyclic amines) is 1. The molecule has 2 aliphatic rings. The quantitative estimate of drug-likeness (QED) is 0.727. The van der Waals surface area contributed by atoms with Crippen LogP contribution >= 0.6 is 0 Å². The third-order valence-corrected chi connectivity index (χ3v) is 3.73. The van der Waals surface area contributed by atoms with Crippen molar-refractivity contribution in [1.29, 1.82) is 0 Å². The number of rotatable bonds is 1. The second-order valence-electron chi connectivity index (χ2n) is 6.32. The van der Waals surface area contributed by atoms with E-state index in [1.54, 1.807) is 4.90 Å². The topological polar surface area (TPSA) is 49.8 Å². The van der Waals surface area contributed by atoms with Gasteiger partial charge in [0.2, 0.25) is 0 Å². The Morgan fingerprint density at radius 3 is 2.78 bits per heavy atom. The monoisotopic (exact) mass is 253 g/mol. The Balaban J connectivity index is 1.99. The van der Waals surface area contributed by atoms with Crippen LogP contribution in [0.25, 0.3) is 0 Å². The van der Waals surface area contributed by atoms with Crippen LogP contribution in [0, 0.1) is 17.8 Å². The number of aliphatic hydroxyl groups excluding tert-OH is 1. The summed E-state index contributed by atoms with van der Waals surface area (Å²) in [7, 11) is 0. The van der Waals surface area contributed by atoms with Crippen LogP contribution in [-0.2, 0) is 4.74 Å². The van der Waals surface area contributed by atoms with Crippen molar-refractivity contribution in [3.63, 3.8) is 0 Å². The van der Waals surface area contributed by atoms with Gasteiger partial charge in [0, 0.05) is 19.7 Å². The molecule has 1 aliphatic carbocycles. The van der Waals surface area contributed by atoms with Gasteiger partial charge in [0.15, 0.2) is 0 Å². The minimum atomic E-state index is -0.447. The second-order valence-corrected chi connectivity index (χ2v) is 6.32. The number of hydrogen-bond donors (Lipinski definition) is 1. The summed E-state index contributed by atoms with van der Waals surface area (Å²) in [4.78, 5) is 13.8. The highest BCUT2D eigenvalue weighted by Crippen LogP contribution is 2.36. The number of hydrogen-bond acceptors (Lipinski definition) is 3. The third-order valence-electron chi connectivity index (χ3n) is 3.73.